The molecule has 1 aromatic rings. The third kappa shape index (κ3) is 3.68. The highest BCUT2D eigenvalue weighted by Gasteiger charge is 2.51. The Morgan fingerprint density at radius 3 is 2.00 bits per heavy atom. The number of nitrogens with two attached hydrogens (primary N) is 1. The van der Waals surface area contributed by atoms with Gasteiger partial charge in [-0.3, -0.25) is 10.6 Å². The van der Waals surface area contributed by atoms with Gasteiger partial charge < -0.3 is 10.5 Å². The van der Waals surface area contributed by atoms with Crippen LogP contribution in [0.15, 0.2) is 65.8 Å². The Bertz CT molecular complexity index is 944. The molecule has 1 heterocycles. The van der Waals surface area contributed by atoms with Crippen LogP contribution in [0.3, 0.4) is 0 Å². The molecule has 3 aliphatic rings. The lowest BCUT2D eigenvalue weighted by molar-refractivity contribution is -0.0760. The first kappa shape index (κ1) is 19.7. The van der Waals surface area contributed by atoms with Crippen molar-refractivity contribution in [1.82, 2.24) is 10.6 Å². The molecule has 0 saturated heterocycles. The normalized spacial score (nSPS) is 33.2. The molecule has 1 aliphatic heterocycles. The number of nitrogen functional groups attached to an aromatic ring is 1. The fourth-order valence-corrected chi connectivity index (χ4v) is 4.14. The van der Waals surface area contributed by atoms with E-state index in [9.17, 15) is 4.79 Å². The molecule has 0 bridgehead atoms. The third-order valence-electron chi connectivity index (χ3n) is 5.94. The fraction of sp³-hybridized carbons (Fsp3) is 0.375. The molecule has 0 fully saturated rings. The lowest BCUT2D eigenvalue weighted by Crippen LogP contribution is -2.66. The van der Waals surface area contributed by atoms with Crippen molar-refractivity contribution >= 4 is 11.7 Å². The van der Waals surface area contributed by atoms with Crippen molar-refractivity contribution in [2.24, 2.45) is 0 Å². The summed E-state index contributed by atoms with van der Waals surface area (Å²) in [5, 5.41) is 7.27. The van der Waals surface area contributed by atoms with Crippen LogP contribution in [0.5, 0.6) is 0 Å². The van der Waals surface area contributed by atoms with Gasteiger partial charge in [0.1, 0.15) is 0 Å². The molecular weight excluding hydrogens is 362 g/mol. The summed E-state index contributed by atoms with van der Waals surface area (Å²) in [7, 11) is 0. The van der Waals surface area contributed by atoms with E-state index in [1.807, 2.05) is 12.1 Å². The predicted molar refractivity (Wildman–Crippen MR) is 116 cm³/mol. The number of nitrogens with one attached hydrogen (secondary N) is 2. The minimum Gasteiger partial charge on any atom is -0.422 e. The van der Waals surface area contributed by atoms with E-state index < -0.39 is 5.85 Å². The molecule has 29 heavy (non-hydrogen) atoms. The Balaban J connectivity index is 1.76. The highest BCUT2D eigenvalue weighted by atomic mass is 16.6. The number of esters is 1. The fourth-order valence-electron chi connectivity index (χ4n) is 4.14. The molecule has 5 heteroatoms. The van der Waals surface area contributed by atoms with Crippen molar-refractivity contribution in [2.45, 2.75) is 57.5 Å². The minimum atomic E-state index is -1.16. The van der Waals surface area contributed by atoms with Gasteiger partial charge in [0.25, 0.3) is 5.85 Å². The van der Waals surface area contributed by atoms with Crippen LogP contribution in [0.1, 0.15) is 56.5 Å². The SMILES string of the molecule is CC1=CCC(C)(NC2(NC3(C)C=CC(C)=CC3)OC(=O)c3cc(N)ccc32)C=C1. The number of allylic oxidation sites excluding steroid dienone is 4. The summed E-state index contributed by atoms with van der Waals surface area (Å²) in [4.78, 5) is 12.8. The van der Waals surface area contributed by atoms with E-state index >= 15 is 0 Å². The van der Waals surface area contributed by atoms with Crippen molar-refractivity contribution in [1.29, 1.82) is 0 Å². The van der Waals surface area contributed by atoms with Gasteiger partial charge in [-0.2, -0.15) is 0 Å². The van der Waals surface area contributed by atoms with Gasteiger partial charge in [0.2, 0.25) is 0 Å². The summed E-state index contributed by atoms with van der Waals surface area (Å²) >= 11 is 0. The molecule has 152 valence electrons. The number of anilines is 1. The molecule has 2 unspecified atom stereocenters. The summed E-state index contributed by atoms with van der Waals surface area (Å²) in [5.41, 5.74) is 9.44. The lowest BCUT2D eigenvalue weighted by atomic mass is 9.87. The molecule has 0 radical (unpaired) electrons. The average Bonchev–Trinajstić information content (AvgIpc) is 2.91. The number of cyclic esters (lactones) is 1. The highest BCUT2D eigenvalue weighted by molar-refractivity contribution is 5.95. The summed E-state index contributed by atoms with van der Waals surface area (Å²) < 4.78 is 6.04. The van der Waals surface area contributed by atoms with E-state index in [4.69, 9.17) is 10.5 Å². The maximum Gasteiger partial charge on any atom is 0.341 e. The van der Waals surface area contributed by atoms with Gasteiger partial charge in [-0.15, -0.1) is 0 Å². The van der Waals surface area contributed by atoms with Crippen LogP contribution in [-0.2, 0) is 10.6 Å². The van der Waals surface area contributed by atoms with E-state index in [2.05, 4.69) is 74.8 Å². The first-order valence-corrected chi connectivity index (χ1v) is 10.1. The molecule has 0 spiro atoms. The first-order valence-electron chi connectivity index (χ1n) is 10.1. The number of ether oxygens (including phenoxy) is 1. The molecule has 0 saturated carbocycles. The van der Waals surface area contributed by atoms with Crippen molar-refractivity contribution in [3.63, 3.8) is 0 Å². The molecule has 5 nitrogen and oxygen atoms in total. The van der Waals surface area contributed by atoms with Gasteiger partial charge in [-0.05, 0) is 58.7 Å². The Morgan fingerprint density at radius 2 is 1.52 bits per heavy atom. The number of hydrogen-bond acceptors (Lipinski definition) is 5. The monoisotopic (exact) mass is 391 g/mol. The van der Waals surface area contributed by atoms with E-state index in [0.29, 0.717) is 11.3 Å². The van der Waals surface area contributed by atoms with E-state index in [1.165, 1.54) is 11.1 Å². The van der Waals surface area contributed by atoms with Gasteiger partial charge in [0.15, 0.2) is 0 Å². The zero-order valence-corrected chi connectivity index (χ0v) is 17.5. The zero-order valence-electron chi connectivity index (χ0n) is 17.5. The van der Waals surface area contributed by atoms with E-state index in [0.717, 1.165) is 18.4 Å². The molecule has 0 aromatic heterocycles. The summed E-state index contributed by atoms with van der Waals surface area (Å²) in [6, 6.07) is 5.38. The number of carbonyl (C=O) groups excluding carboxylic acids is 1. The minimum absolute atomic E-state index is 0.377. The van der Waals surface area contributed by atoms with Gasteiger partial charge >= 0.3 is 5.97 Å². The van der Waals surface area contributed by atoms with Crippen molar-refractivity contribution in [2.75, 3.05) is 5.73 Å². The largest absolute Gasteiger partial charge is 0.422 e. The zero-order chi connectivity index (χ0) is 20.9. The average molecular weight is 392 g/mol. The topological polar surface area (TPSA) is 76.4 Å². The second-order valence-electron chi connectivity index (χ2n) is 8.93. The van der Waals surface area contributed by atoms with Crippen molar-refractivity contribution in [3.05, 3.63) is 76.9 Å². The van der Waals surface area contributed by atoms with Gasteiger partial charge in [0.05, 0.1) is 5.56 Å². The van der Waals surface area contributed by atoms with Crippen LogP contribution in [0.2, 0.25) is 0 Å². The van der Waals surface area contributed by atoms with Crippen LogP contribution in [0.25, 0.3) is 0 Å². The number of carbonyl (C=O) groups is 1. The summed E-state index contributed by atoms with van der Waals surface area (Å²) in [6.45, 7) is 8.39. The Morgan fingerprint density at radius 1 is 0.966 bits per heavy atom. The Hall–Kier alpha value is -2.63. The van der Waals surface area contributed by atoms with E-state index in [1.54, 1.807) is 6.07 Å². The lowest BCUT2D eigenvalue weighted by Gasteiger charge is -2.45. The molecule has 1 aromatic carbocycles. The number of benzene rings is 1. The predicted octanol–water partition coefficient (Wildman–Crippen LogP) is 4.06. The van der Waals surface area contributed by atoms with Crippen LogP contribution in [-0.4, -0.2) is 17.0 Å². The quantitative estimate of drug-likeness (QED) is 0.410. The van der Waals surface area contributed by atoms with Crippen LogP contribution < -0.4 is 16.4 Å². The molecule has 4 rings (SSSR count). The van der Waals surface area contributed by atoms with Gasteiger partial charge in [-0.25, -0.2) is 4.79 Å². The van der Waals surface area contributed by atoms with Crippen molar-refractivity contribution in [3.8, 4) is 0 Å². The highest BCUT2D eigenvalue weighted by Crippen LogP contribution is 2.39. The van der Waals surface area contributed by atoms with Gasteiger partial charge in [-0.1, -0.05) is 47.6 Å². The standard InChI is InChI=1S/C24H29N3O2/c1-16-7-11-22(3,12-8-16)26-24(27-23(4)13-9-17(2)10-14-23)20-6-5-18(25)15-19(20)21(28)29-24/h5-11,13,15,26-27H,12,14,25H2,1-4H3. The molecule has 2 atom stereocenters. The first-order chi connectivity index (χ1) is 13.6. The second kappa shape index (κ2) is 6.71. The van der Waals surface area contributed by atoms with Crippen LogP contribution in [0, 0.1) is 0 Å². The van der Waals surface area contributed by atoms with Crippen molar-refractivity contribution < 1.29 is 9.53 Å². The summed E-state index contributed by atoms with van der Waals surface area (Å²) in [6.07, 6.45) is 14.4. The van der Waals surface area contributed by atoms with Crippen LogP contribution in [0.4, 0.5) is 5.69 Å². The van der Waals surface area contributed by atoms with Gasteiger partial charge in [0, 0.05) is 22.3 Å². The number of hydrogen-bond donors (Lipinski definition) is 3. The third-order valence-corrected chi connectivity index (χ3v) is 5.94. The van der Waals surface area contributed by atoms with E-state index in [-0.39, 0.29) is 17.0 Å². The Kier molecular flexibility index (Phi) is 4.56. The maximum absolute atomic E-state index is 12.8. The second-order valence-corrected chi connectivity index (χ2v) is 8.93. The Labute approximate surface area is 172 Å². The molecular formula is C24H29N3O2. The smallest absolute Gasteiger partial charge is 0.341 e. The summed E-state index contributed by atoms with van der Waals surface area (Å²) in [5.74, 6) is -1.53. The number of fused-ring (bicyclic) bond motifs is 1. The molecule has 2 aliphatic carbocycles. The number of rotatable bonds is 4. The molecule has 4 N–H and O–H groups in total. The molecule has 0 amide bonds. The maximum atomic E-state index is 12.8. The van der Waals surface area contributed by atoms with Crippen LogP contribution >= 0.6 is 0 Å².